The van der Waals surface area contributed by atoms with Crippen LogP contribution in [-0.4, -0.2) is 48.1 Å². The van der Waals surface area contributed by atoms with Gasteiger partial charge < -0.3 is 20.5 Å². The molecule has 2 unspecified atom stereocenters. The van der Waals surface area contributed by atoms with Gasteiger partial charge in [0.2, 0.25) is 0 Å². The van der Waals surface area contributed by atoms with Gasteiger partial charge in [0.1, 0.15) is 11.9 Å². The zero-order valence-corrected chi connectivity index (χ0v) is 20.8. The van der Waals surface area contributed by atoms with Gasteiger partial charge in [-0.3, -0.25) is 15.0 Å². The number of hydrogen-bond acceptors (Lipinski definition) is 9. The summed E-state index contributed by atoms with van der Waals surface area (Å²) in [4.78, 5) is 39.9. The number of nitrogens with two attached hydrogens (primary N) is 1. The molecule has 194 valence electrons. The Hall–Kier alpha value is -4.18. The van der Waals surface area contributed by atoms with Gasteiger partial charge in [-0.15, -0.1) is 0 Å². The van der Waals surface area contributed by atoms with E-state index in [-0.39, 0.29) is 28.2 Å². The Kier molecular flexibility index (Phi) is 7.88. The van der Waals surface area contributed by atoms with Gasteiger partial charge in [0.25, 0.3) is 5.69 Å². The molecule has 3 N–H and O–H groups in total. The fourth-order valence-electron chi connectivity index (χ4n) is 4.98. The second kappa shape index (κ2) is 11.3. The molecule has 2 aromatic carbocycles. The van der Waals surface area contributed by atoms with Gasteiger partial charge in [0, 0.05) is 30.4 Å². The van der Waals surface area contributed by atoms with Crippen molar-refractivity contribution >= 4 is 17.6 Å². The highest BCUT2D eigenvalue weighted by molar-refractivity contribution is 6.00. The van der Waals surface area contributed by atoms with Crippen molar-refractivity contribution in [1.29, 1.82) is 0 Å². The fourth-order valence-corrected chi connectivity index (χ4v) is 4.98. The van der Waals surface area contributed by atoms with E-state index < -0.39 is 28.9 Å². The molecule has 0 saturated carbocycles. The fraction of sp³-hybridized carbons (Fsp3) is 0.333. The minimum Gasteiger partial charge on any atom is -0.466 e. The third-order valence-electron chi connectivity index (χ3n) is 6.65. The smallest absolute Gasteiger partial charge is 0.338 e. The topological polar surface area (TPSA) is 137 Å². The molecular weight excluding hydrogens is 476 g/mol. The number of carbonyl (C=O) groups is 2. The molecule has 2 heterocycles. The average molecular weight is 507 g/mol. The molecule has 2 aliphatic heterocycles. The first-order chi connectivity index (χ1) is 17.8. The number of carbonyl (C=O) groups excluding carboxylic acids is 2. The third-order valence-corrected chi connectivity index (χ3v) is 6.65. The summed E-state index contributed by atoms with van der Waals surface area (Å²) in [7, 11) is 1.21. The van der Waals surface area contributed by atoms with Crippen LogP contribution in [-0.2, 0) is 25.6 Å². The summed E-state index contributed by atoms with van der Waals surface area (Å²) in [5.41, 5.74) is 7.69. The Morgan fingerprint density at radius 1 is 1.11 bits per heavy atom. The molecule has 2 atom stereocenters. The van der Waals surface area contributed by atoms with E-state index in [1.807, 2.05) is 18.2 Å². The maximum atomic E-state index is 13.6. The lowest BCUT2D eigenvalue weighted by Gasteiger charge is -2.34. The Morgan fingerprint density at radius 3 is 2.51 bits per heavy atom. The maximum absolute atomic E-state index is 13.6. The summed E-state index contributed by atoms with van der Waals surface area (Å²) in [6.45, 7) is 3.75. The van der Waals surface area contributed by atoms with E-state index in [0.717, 1.165) is 25.1 Å². The lowest BCUT2D eigenvalue weighted by molar-refractivity contribution is -0.385. The van der Waals surface area contributed by atoms with Crippen molar-refractivity contribution in [2.24, 2.45) is 5.73 Å². The highest BCUT2D eigenvalue weighted by Gasteiger charge is 2.42. The summed E-state index contributed by atoms with van der Waals surface area (Å²) < 4.78 is 10.9. The first-order valence-electron chi connectivity index (χ1n) is 12.1. The van der Waals surface area contributed by atoms with Crippen molar-refractivity contribution in [3.8, 4) is 0 Å². The standard InChI is InChI=1S/C27H30N4O6/c1-17-22(26(32)36-2)23(20-12-6-7-13-21(20)31(34)35)24(25(28)29-17)27(33)37-19-11-8-14-30(16-19)15-18-9-4-3-5-10-18/h3-7,9-10,12-13,19,23,29H,8,11,14-16,28H2,1-2H3. The average Bonchev–Trinajstić information content (AvgIpc) is 2.88. The van der Waals surface area contributed by atoms with Crippen molar-refractivity contribution in [2.45, 2.75) is 38.3 Å². The van der Waals surface area contributed by atoms with E-state index >= 15 is 0 Å². The number of benzene rings is 2. The zero-order chi connectivity index (χ0) is 26.5. The monoisotopic (exact) mass is 506 g/mol. The molecule has 1 saturated heterocycles. The Labute approximate surface area is 214 Å². The van der Waals surface area contributed by atoms with Gasteiger partial charge in [0.05, 0.1) is 29.1 Å². The van der Waals surface area contributed by atoms with Gasteiger partial charge in [0.15, 0.2) is 0 Å². The molecule has 2 aliphatic rings. The number of likely N-dealkylation sites (tertiary alicyclic amines) is 1. The van der Waals surface area contributed by atoms with Crippen molar-refractivity contribution in [2.75, 3.05) is 20.2 Å². The van der Waals surface area contributed by atoms with Crippen LogP contribution in [0, 0.1) is 10.1 Å². The number of para-hydroxylation sites is 1. The van der Waals surface area contributed by atoms with Gasteiger partial charge in [-0.25, -0.2) is 9.59 Å². The van der Waals surface area contributed by atoms with Gasteiger partial charge >= 0.3 is 11.9 Å². The molecule has 1 fully saturated rings. The molecule has 0 spiro atoms. The first kappa shape index (κ1) is 25.9. The number of nitro benzene ring substituents is 1. The predicted octanol–water partition coefficient (Wildman–Crippen LogP) is 3.11. The molecule has 37 heavy (non-hydrogen) atoms. The minimum atomic E-state index is -1.13. The lowest BCUT2D eigenvalue weighted by Crippen LogP contribution is -2.42. The molecule has 0 aromatic heterocycles. The number of ether oxygens (including phenoxy) is 2. The molecule has 0 bridgehead atoms. The molecule has 0 aliphatic carbocycles. The van der Waals surface area contributed by atoms with Crippen LogP contribution >= 0.6 is 0 Å². The van der Waals surface area contributed by atoms with Gasteiger partial charge in [-0.1, -0.05) is 48.5 Å². The van der Waals surface area contributed by atoms with Crippen LogP contribution in [0.25, 0.3) is 0 Å². The quantitative estimate of drug-likeness (QED) is 0.330. The van der Waals surface area contributed by atoms with Crippen molar-refractivity contribution in [3.05, 3.63) is 98.5 Å². The number of hydrogen-bond donors (Lipinski definition) is 2. The summed E-state index contributed by atoms with van der Waals surface area (Å²) in [5.74, 6) is -2.60. The molecule has 2 aromatic rings. The molecule has 10 nitrogen and oxygen atoms in total. The van der Waals surface area contributed by atoms with E-state index in [9.17, 15) is 19.7 Å². The van der Waals surface area contributed by atoms with E-state index in [0.29, 0.717) is 18.7 Å². The Bertz CT molecular complexity index is 1260. The summed E-state index contributed by atoms with van der Waals surface area (Å²) in [5, 5.41) is 14.7. The number of methoxy groups -OCH3 is 1. The first-order valence-corrected chi connectivity index (χ1v) is 12.1. The van der Waals surface area contributed by atoms with Gasteiger partial charge in [-0.2, -0.15) is 0 Å². The Balaban J connectivity index is 1.64. The molecule has 4 rings (SSSR count). The highest BCUT2D eigenvalue weighted by Crippen LogP contribution is 2.42. The summed E-state index contributed by atoms with van der Waals surface area (Å²) in [6.07, 6.45) is 1.12. The summed E-state index contributed by atoms with van der Waals surface area (Å²) >= 11 is 0. The Morgan fingerprint density at radius 2 is 1.81 bits per heavy atom. The number of dihydropyridines is 1. The molecule has 10 heteroatoms. The number of nitro groups is 1. The summed E-state index contributed by atoms with van der Waals surface area (Å²) in [6, 6.07) is 16.0. The maximum Gasteiger partial charge on any atom is 0.338 e. The van der Waals surface area contributed by atoms with Crippen LogP contribution in [0.5, 0.6) is 0 Å². The second-order valence-corrected chi connectivity index (χ2v) is 9.12. The van der Waals surface area contributed by atoms with E-state index in [2.05, 4.69) is 22.3 Å². The van der Waals surface area contributed by atoms with Crippen LogP contribution in [0.1, 0.15) is 36.8 Å². The normalized spacial score (nSPS) is 20.3. The predicted molar refractivity (Wildman–Crippen MR) is 136 cm³/mol. The van der Waals surface area contributed by atoms with E-state index in [1.54, 1.807) is 13.0 Å². The number of nitrogens with zero attached hydrogens (tertiary/aromatic N) is 2. The molecule has 0 amide bonds. The number of esters is 2. The van der Waals surface area contributed by atoms with Crippen molar-refractivity contribution in [1.82, 2.24) is 10.2 Å². The van der Waals surface area contributed by atoms with Crippen LogP contribution in [0.2, 0.25) is 0 Å². The van der Waals surface area contributed by atoms with Crippen LogP contribution in [0.4, 0.5) is 5.69 Å². The van der Waals surface area contributed by atoms with Crippen LogP contribution < -0.4 is 11.1 Å². The van der Waals surface area contributed by atoms with Crippen LogP contribution in [0.15, 0.2) is 77.3 Å². The number of allylic oxidation sites excluding steroid dienone is 1. The number of nitrogens with one attached hydrogen (secondary N) is 1. The van der Waals surface area contributed by atoms with Crippen molar-refractivity contribution < 1.29 is 24.0 Å². The number of piperidine rings is 1. The van der Waals surface area contributed by atoms with E-state index in [1.165, 1.54) is 25.3 Å². The largest absolute Gasteiger partial charge is 0.466 e. The molecule has 0 radical (unpaired) electrons. The minimum absolute atomic E-state index is 0.0183. The van der Waals surface area contributed by atoms with Gasteiger partial charge in [-0.05, 0) is 31.9 Å². The van der Waals surface area contributed by atoms with Crippen molar-refractivity contribution in [3.63, 3.8) is 0 Å². The van der Waals surface area contributed by atoms with Crippen LogP contribution in [0.3, 0.4) is 0 Å². The molecular formula is C27H30N4O6. The lowest BCUT2D eigenvalue weighted by atomic mass is 9.80. The van der Waals surface area contributed by atoms with E-state index in [4.69, 9.17) is 15.2 Å². The number of rotatable bonds is 7. The SMILES string of the molecule is COC(=O)C1=C(C)NC(N)=C(C(=O)OC2CCCN(Cc3ccccc3)C2)C1c1ccccc1[N+](=O)[O-]. The second-order valence-electron chi connectivity index (χ2n) is 9.12. The highest BCUT2D eigenvalue weighted by atomic mass is 16.6. The third kappa shape index (κ3) is 5.64. The zero-order valence-electron chi connectivity index (χ0n) is 20.8.